The third-order valence-electron chi connectivity index (χ3n) is 3.76. The van der Waals surface area contributed by atoms with E-state index in [2.05, 4.69) is 65.8 Å². The number of hydrogen-bond acceptors (Lipinski definition) is 1. The first-order valence-electron chi connectivity index (χ1n) is 7.35. The number of fused-ring (bicyclic) bond motifs is 1. The quantitative estimate of drug-likeness (QED) is 0.695. The lowest BCUT2D eigenvalue weighted by Gasteiger charge is -2.19. The Labute approximate surface area is 117 Å². The van der Waals surface area contributed by atoms with Gasteiger partial charge in [0, 0.05) is 11.1 Å². The van der Waals surface area contributed by atoms with E-state index in [-0.39, 0.29) is 0 Å². The van der Waals surface area contributed by atoms with Gasteiger partial charge in [0.2, 0.25) is 0 Å². The van der Waals surface area contributed by atoms with Crippen molar-refractivity contribution in [3.05, 3.63) is 41.1 Å². The van der Waals surface area contributed by atoms with Crippen LogP contribution in [0.1, 0.15) is 76.1 Å². The van der Waals surface area contributed by atoms with Gasteiger partial charge in [0.1, 0.15) is 0 Å². The SMILES string of the molecule is CC(C)c1ccc2c(C(C)C)c(C(C)C)ccc2n1. The lowest BCUT2D eigenvalue weighted by molar-refractivity contribution is 0.795. The highest BCUT2D eigenvalue weighted by molar-refractivity contribution is 5.84. The van der Waals surface area contributed by atoms with E-state index in [9.17, 15) is 0 Å². The number of rotatable bonds is 3. The molecular formula is C18H25N. The maximum absolute atomic E-state index is 4.82. The van der Waals surface area contributed by atoms with Gasteiger partial charge in [0.15, 0.2) is 0 Å². The Balaban J connectivity index is 2.72. The van der Waals surface area contributed by atoms with Crippen LogP contribution in [-0.4, -0.2) is 4.98 Å². The van der Waals surface area contributed by atoms with Gasteiger partial charge in [0.25, 0.3) is 0 Å². The van der Waals surface area contributed by atoms with Crippen LogP contribution in [0, 0.1) is 0 Å². The van der Waals surface area contributed by atoms with Crippen LogP contribution in [0.15, 0.2) is 24.3 Å². The molecule has 0 amide bonds. The third kappa shape index (κ3) is 2.65. The molecule has 102 valence electrons. The number of nitrogens with zero attached hydrogens (tertiary/aromatic N) is 1. The van der Waals surface area contributed by atoms with Gasteiger partial charge < -0.3 is 0 Å². The van der Waals surface area contributed by atoms with Gasteiger partial charge >= 0.3 is 0 Å². The summed E-state index contributed by atoms with van der Waals surface area (Å²) in [5.41, 5.74) is 5.25. The van der Waals surface area contributed by atoms with Crippen LogP contribution in [0.3, 0.4) is 0 Å². The molecule has 0 unspecified atom stereocenters. The lowest BCUT2D eigenvalue weighted by Crippen LogP contribution is -2.02. The fourth-order valence-electron chi connectivity index (χ4n) is 2.73. The maximum atomic E-state index is 4.82. The number of aromatic nitrogens is 1. The first-order chi connectivity index (χ1) is 8.91. The van der Waals surface area contributed by atoms with Gasteiger partial charge in [-0.1, -0.05) is 53.7 Å². The van der Waals surface area contributed by atoms with E-state index >= 15 is 0 Å². The summed E-state index contributed by atoms with van der Waals surface area (Å²) in [6, 6.07) is 8.89. The van der Waals surface area contributed by atoms with Gasteiger partial charge in [-0.2, -0.15) is 0 Å². The van der Waals surface area contributed by atoms with Gasteiger partial charge in [-0.15, -0.1) is 0 Å². The van der Waals surface area contributed by atoms with Crippen LogP contribution in [-0.2, 0) is 0 Å². The average Bonchev–Trinajstić information content (AvgIpc) is 2.35. The molecule has 2 aromatic rings. The summed E-state index contributed by atoms with van der Waals surface area (Å²) in [4.78, 5) is 4.82. The van der Waals surface area contributed by atoms with Crippen molar-refractivity contribution in [3.8, 4) is 0 Å². The summed E-state index contributed by atoms with van der Waals surface area (Å²) in [6.07, 6.45) is 0. The second-order valence-electron chi connectivity index (χ2n) is 6.34. The summed E-state index contributed by atoms with van der Waals surface area (Å²) < 4.78 is 0. The normalized spacial score (nSPS) is 12.1. The molecule has 19 heavy (non-hydrogen) atoms. The summed E-state index contributed by atoms with van der Waals surface area (Å²) >= 11 is 0. The molecule has 0 saturated heterocycles. The maximum Gasteiger partial charge on any atom is 0.0708 e. The van der Waals surface area contributed by atoms with Crippen molar-refractivity contribution in [3.63, 3.8) is 0 Å². The fourth-order valence-corrected chi connectivity index (χ4v) is 2.73. The largest absolute Gasteiger partial charge is 0.253 e. The Morgan fingerprint density at radius 3 is 1.95 bits per heavy atom. The molecule has 0 radical (unpaired) electrons. The summed E-state index contributed by atoms with van der Waals surface area (Å²) in [6.45, 7) is 13.5. The molecule has 0 spiro atoms. The highest BCUT2D eigenvalue weighted by Gasteiger charge is 2.14. The number of pyridine rings is 1. The molecule has 1 heteroatoms. The van der Waals surface area contributed by atoms with Gasteiger partial charge in [-0.3, -0.25) is 4.98 Å². The van der Waals surface area contributed by atoms with Crippen LogP contribution in [0.4, 0.5) is 0 Å². The molecule has 1 nitrogen and oxygen atoms in total. The predicted molar refractivity (Wildman–Crippen MR) is 84.0 cm³/mol. The zero-order chi connectivity index (χ0) is 14.2. The van der Waals surface area contributed by atoms with Crippen molar-refractivity contribution in [2.45, 2.75) is 59.3 Å². The molecule has 0 aliphatic rings. The van der Waals surface area contributed by atoms with E-state index in [4.69, 9.17) is 4.98 Å². The van der Waals surface area contributed by atoms with Crippen molar-refractivity contribution >= 4 is 10.9 Å². The van der Waals surface area contributed by atoms with Crippen molar-refractivity contribution in [2.24, 2.45) is 0 Å². The monoisotopic (exact) mass is 255 g/mol. The van der Waals surface area contributed by atoms with Crippen LogP contribution in [0.25, 0.3) is 10.9 Å². The van der Waals surface area contributed by atoms with Crippen molar-refractivity contribution < 1.29 is 0 Å². The molecule has 1 aromatic heterocycles. The first-order valence-corrected chi connectivity index (χ1v) is 7.35. The second-order valence-corrected chi connectivity index (χ2v) is 6.34. The molecule has 0 aliphatic carbocycles. The predicted octanol–water partition coefficient (Wildman–Crippen LogP) is 5.61. The zero-order valence-electron chi connectivity index (χ0n) is 13.0. The standard InChI is InChI=1S/C18H25N/c1-11(2)14-7-10-17-15(18(14)13(5)6)8-9-16(19-17)12(3)4/h7-13H,1-6H3. The third-order valence-corrected chi connectivity index (χ3v) is 3.76. The molecule has 0 aliphatic heterocycles. The number of hydrogen-bond donors (Lipinski definition) is 0. The molecule has 0 atom stereocenters. The zero-order valence-corrected chi connectivity index (χ0v) is 13.0. The van der Waals surface area contributed by atoms with Crippen LogP contribution >= 0.6 is 0 Å². The highest BCUT2D eigenvalue weighted by Crippen LogP contribution is 2.33. The van der Waals surface area contributed by atoms with Gasteiger partial charge in [0.05, 0.1) is 5.52 Å². The van der Waals surface area contributed by atoms with E-state index < -0.39 is 0 Å². The van der Waals surface area contributed by atoms with E-state index in [0.717, 1.165) is 5.52 Å². The van der Waals surface area contributed by atoms with Gasteiger partial charge in [-0.25, -0.2) is 0 Å². The first kappa shape index (κ1) is 14.0. The fraction of sp³-hybridized carbons (Fsp3) is 0.500. The molecule has 0 fully saturated rings. The highest BCUT2D eigenvalue weighted by atomic mass is 14.7. The van der Waals surface area contributed by atoms with E-state index in [1.807, 2.05) is 0 Å². The van der Waals surface area contributed by atoms with E-state index in [1.165, 1.54) is 22.2 Å². The molecule has 0 N–H and O–H groups in total. The van der Waals surface area contributed by atoms with E-state index in [0.29, 0.717) is 17.8 Å². The molecule has 0 saturated carbocycles. The van der Waals surface area contributed by atoms with Crippen LogP contribution < -0.4 is 0 Å². The number of benzene rings is 1. The summed E-state index contributed by atoms with van der Waals surface area (Å²) in [5, 5.41) is 1.32. The Kier molecular flexibility index (Phi) is 3.93. The van der Waals surface area contributed by atoms with Crippen LogP contribution in [0.5, 0.6) is 0 Å². The van der Waals surface area contributed by atoms with E-state index in [1.54, 1.807) is 0 Å². The summed E-state index contributed by atoms with van der Waals surface area (Å²) in [7, 11) is 0. The minimum absolute atomic E-state index is 0.483. The van der Waals surface area contributed by atoms with Crippen molar-refractivity contribution in [1.29, 1.82) is 0 Å². The van der Waals surface area contributed by atoms with Crippen LogP contribution in [0.2, 0.25) is 0 Å². The minimum Gasteiger partial charge on any atom is -0.253 e. The average molecular weight is 255 g/mol. The Bertz CT molecular complexity index is 580. The Hall–Kier alpha value is -1.37. The Morgan fingerprint density at radius 1 is 0.737 bits per heavy atom. The topological polar surface area (TPSA) is 12.9 Å². The Morgan fingerprint density at radius 2 is 1.42 bits per heavy atom. The lowest BCUT2D eigenvalue weighted by atomic mass is 9.87. The van der Waals surface area contributed by atoms with Crippen molar-refractivity contribution in [1.82, 2.24) is 4.98 Å². The molecule has 1 aromatic carbocycles. The molecule has 2 rings (SSSR count). The summed E-state index contributed by atoms with van der Waals surface area (Å²) in [5.74, 6) is 1.58. The van der Waals surface area contributed by atoms with Crippen molar-refractivity contribution in [2.75, 3.05) is 0 Å². The molecular weight excluding hydrogens is 230 g/mol. The second kappa shape index (κ2) is 5.32. The smallest absolute Gasteiger partial charge is 0.0708 e. The van der Waals surface area contributed by atoms with Gasteiger partial charge in [-0.05, 0) is 41.0 Å². The minimum atomic E-state index is 0.483. The molecule has 1 heterocycles. The molecule has 0 bridgehead atoms.